The fourth-order valence-electron chi connectivity index (χ4n) is 2.23. The van der Waals surface area contributed by atoms with Crippen molar-refractivity contribution in [2.75, 3.05) is 17.7 Å². The van der Waals surface area contributed by atoms with Gasteiger partial charge in [0.15, 0.2) is 0 Å². The highest BCUT2D eigenvalue weighted by Gasteiger charge is 2.30. The molecule has 1 unspecified atom stereocenters. The van der Waals surface area contributed by atoms with Crippen LogP contribution in [0.25, 0.3) is 0 Å². The molecule has 0 radical (unpaired) electrons. The van der Waals surface area contributed by atoms with E-state index in [0.717, 1.165) is 16.3 Å². The molecular formula is C17H20N2OS. The molecule has 0 spiro atoms. The highest BCUT2D eigenvalue weighted by molar-refractivity contribution is 8.03. The first-order valence-electron chi connectivity index (χ1n) is 6.91. The lowest BCUT2D eigenvalue weighted by Crippen LogP contribution is -2.45. The third kappa shape index (κ3) is 3.28. The number of hydrogen-bond acceptors (Lipinski definition) is 3. The molecule has 1 N–H and O–H groups in total. The maximum atomic E-state index is 12.8. The number of para-hydroxylation sites is 1. The second-order valence-electron chi connectivity index (χ2n) is 4.62. The van der Waals surface area contributed by atoms with Crippen molar-refractivity contribution >= 4 is 23.4 Å². The minimum absolute atomic E-state index is 0.0469. The Kier molecular flexibility index (Phi) is 5.42. The van der Waals surface area contributed by atoms with Gasteiger partial charge in [-0.3, -0.25) is 9.69 Å². The van der Waals surface area contributed by atoms with Gasteiger partial charge in [-0.05, 0) is 32.2 Å². The van der Waals surface area contributed by atoms with E-state index in [1.807, 2.05) is 56.5 Å². The van der Waals surface area contributed by atoms with Gasteiger partial charge in [0.2, 0.25) is 5.91 Å². The Hall–Kier alpha value is -1.78. The summed E-state index contributed by atoms with van der Waals surface area (Å²) < 4.78 is 0. The molecule has 0 aromatic heterocycles. The van der Waals surface area contributed by atoms with Crippen LogP contribution in [0.3, 0.4) is 0 Å². The maximum Gasteiger partial charge on any atom is 0.249 e. The van der Waals surface area contributed by atoms with Gasteiger partial charge >= 0.3 is 0 Å². The van der Waals surface area contributed by atoms with Gasteiger partial charge in [-0.25, -0.2) is 0 Å². The van der Waals surface area contributed by atoms with E-state index >= 15 is 0 Å². The molecule has 1 aliphatic rings. The fourth-order valence-corrected chi connectivity index (χ4v) is 3.44. The minimum atomic E-state index is -0.215. The average Bonchev–Trinajstić information content (AvgIpc) is 2.65. The molecule has 0 bridgehead atoms. The van der Waals surface area contributed by atoms with Crippen molar-refractivity contribution in [1.29, 1.82) is 0 Å². The maximum absolute atomic E-state index is 12.8. The second-order valence-corrected chi connectivity index (χ2v) is 5.68. The van der Waals surface area contributed by atoms with Crippen LogP contribution in [0.15, 0.2) is 65.7 Å². The first kappa shape index (κ1) is 15.6. The zero-order valence-electron chi connectivity index (χ0n) is 12.4. The molecule has 1 aliphatic heterocycles. The Balaban J connectivity index is 2.58. The molecule has 1 amide bonds. The zero-order chi connectivity index (χ0) is 15.2. The molecule has 21 heavy (non-hydrogen) atoms. The van der Waals surface area contributed by atoms with E-state index in [9.17, 15) is 4.79 Å². The lowest BCUT2D eigenvalue weighted by molar-refractivity contribution is -0.119. The molecule has 110 valence electrons. The standard InChI is InChI=1S/C17H20N2OS/c1-4-9-16-15(5-2)19(13-10-7-6-8-11-13)17(20)14(18-3)12-21-16/h4-11,14,18H,2,12H2,1,3H3/b9-4-. The van der Waals surface area contributed by atoms with E-state index in [4.69, 9.17) is 0 Å². The van der Waals surface area contributed by atoms with Crippen LogP contribution in [0.5, 0.6) is 0 Å². The third-order valence-corrected chi connectivity index (χ3v) is 4.45. The van der Waals surface area contributed by atoms with Crippen LogP contribution in [0.4, 0.5) is 5.69 Å². The molecule has 3 nitrogen and oxygen atoms in total. The van der Waals surface area contributed by atoms with E-state index in [-0.39, 0.29) is 11.9 Å². The van der Waals surface area contributed by atoms with Crippen LogP contribution < -0.4 is 10.2 Å². The van der Waals surface area contributed by atoms with E-state index < -0.39 is 0 Å². The average molecular weight is 300 g/mol. The summed E-state index contributed by atoms with van der Waals surface area (Å²) >= 11 is 1.67. The number of amides is 1. The number of nitrogens with zero attached hydrogens (tertiary/aromatic N) is 1. The monoisotopic (exact) mass is 300 g/mol. The summed E-state index contributed by atoms with van der Waals surface area (Å²) in [5.74, 6) is 0.751. The van der Waals surface area contributed by atoms with Crippen molar-refractivity contribution in [2.24, 2.45) is 0 Å². The Labute approximate surface area is 130 Å². The number of allylic oxidation sites excluding steroid dienone is 3. The second kappa shape index (κ2) is 7.29. The molecule has 0 saturated heterocycles. The largest absolute Gasteiger partial charge is 0.308 e. The third-order valence-electron chi connectivity index (χ3n) is 3.29. The van der Waals surface area contributed by atoms with Crippen LogP contribution in [0.2, 0.25) is 0 Å². The van der Waals surface area contributed by atoms with Crippen molar-refractivity contribution in [3.05, 3.63) is 65.7 Å². The van der Waals surface area contributed by atoms with Crippen LogP contribution in [-0.2, 0) is 4.79 Å². The van der Waals surface area contributed by atoms with Crippen molar-refractivity contribution in [1.82, 2.24) is 5.32 Å². The van der Waals surface area contributed by atoms with Gasteiger partial charge in [0.05, 0.1) is 11.7 Å². The first-order valence-corrected chi connectivity index (χ1v) is 7.90. The molecule has 1 aromatic carbocycles. The Morgan fingerprint density at radius 2 is 2.10 bits per heavy atom. The summed E-state index contributed by atoms with van der Waals surface area (Å²) in [4.78, 5) is 15.7. The number of nitrogens with one attached hydrogen (secondary N) is 1. The molecule has 1 heterocycles. The van der Waals surface area contributed by atoms with E-state index in [0.29, 0.717) is 5.75 Å². The normalized spacial score (nSPS) is 20.0. The van der Waals surface area contributed by atoms with Crippen molar-refractivity contribution in [3.63, 3.8) is 0 Å². The molecule has 0 saturated carbocycles. The summed E-state index contributed by atoms with van der Waals surface area (Å²) in [5.41, 5.74) is 1.70. The van der Waals surface area contributed by atoms with E-state index in [1.165, 1.54) is 0 Å². The van der Waals surface area contributed by atoms with Gasteiger partial charge in [-0.1, -0.05) is 36.9 Å². The molecule has 4 heteroatoms. The number of likely N-dealkylation sites (N-methyl/N-ethyl adjacent to an activating group) is 1. The number of carbonyl (C=O) groups excluding carboxylic acids is 1. The van der Waals surface area contributed by atoms with Crippen LogP contribution in [0.1, 0.15) is 6.92 Å². The van der Waals surface area contributed by atoms with Gasteiger partial charge in [0, 0.05) is 16.3 Å². The predicted molar refractivity (Wildman–Crippen MR) is 91.3 cm³/mol. The number of thioether (sulfide) groups is 1. The van der Waals surface area contributed by atoms with Gasteiger partial charge in [0.1, 0.15) is 0 Å². The molecule has 0 fully saturated rings. The van der Waals surface area contributed by atoms with Gasteiger partial charge in [0.25, 0.3) is 0 Å². The predicted octanol–water partition coefficient (Wildman–Crippen LogP) is 3.33. The van der Waals surface area contributed by atoms with Crippen molar-refractivity contribution in [2.45, 2.75) is 13.0 Å². The van der Waals surface area contributed by atoms with E-state index in [1.54, 1.807) is 22.7 Å². The summed E-state index contributed by atoms with van der Waals surface area (Å²) in [7, 11) is 1.82. The Morgan fingerprint density at radius 1 is 1.38 bits per heavy atom. The van der Waals surface area contributed by atoms with Crippen molar-refractivity contribution in [3.8, 4) is 0 Å². The topological polar surface area (TPSA) is 32.3 Å². The lowest BCUT2D eigenvalue weighted by Gasteiger charge is -2.26. The molecule has 2 rings (SSSR count). The summed E-state index contributed by atoms with van der Waals surface area (Å²) in [5, 5.41) is 3.10. The van der Waals surface area contributed by atoms with Crippen molar-refractivity contribution < 1.29 is 4.79 Å². The van der Waals surface area contributed by atoms with Crippen LogP contribution in [-0.4, -0.2) is 24.7 Å². The number of hydrogen-bond donors (Lipinski definition) is 1. The SMILES string of the molecule is C=CC1=C(/C=C\C)SCC(NC)C(=O)N1c1ccccc1. The Morgan fingerprint density at radius 3 is 2.67 bits per heavy atom. The smallest absolute Gasteiger partial charge is 0.249 e. The molecule has 1 aromatic rings. The van der Waals surface area contributed by atoms with Gasteiger partial charge < -0.3 is 5.32 Å². The lowest BCUT2D eigenvalue weighted by atomic mass is 10.2. The van der Waals surface area contributed by atoms with Gasteiger partial charge in [-0.2, -0.15) is 0 Å². The summed E-state index contributed by atoms with van der Waals surface area (Å²) in [6.45, 7) is 5.88. The number of rotatable bonds is 4. The van der Waals surface area contributed by atoms with E-state index in [2.05, 4.69) is 11.9 Å². The number of benzene rings is 1. The number of anilines is 1. The minimum Gasteiger partial charge on any atom is -0.308 e. The molecule has 1 atom stereocenters. The van der Waals surface area contributed by atoms with Crippen LogP contribution in [0, 0.1) is 0 Å². The number of carbonyl (C=O) groups is 1. The zero-order valence-corrected chi connectivity index (χ0v) is 13.2. The molecule has 0 aliphatic carbocycles. The Bertz CT molecular complexity index is 578. The summed E-state index contributed by atoms with van der Waals surface area (Å²) in [6, 6.07) is 9.48. The highest BCUT2D eigenvalue weighted by Crippen LogP contribution is 2.32. The summed E-state index contributed by atoms with van der Waals surface area (Å²) in [6.07, 6.45) is 5.77. The highest BCUT2D eigenvalue weighted by atomic mass is 32.2. The van der Waals surface area contributed by atoms with Crippen LogP contribution >= 0.6 is 11.8 Å². The first-order chi connectivity index (χ1) is 10.2. The quantitative estimate of drug-likeness (QED) is 0.925. The molecular weight excluding hydrogens is 280 g/mol. The fraction of sp³-hybridized carbons (Fsp3) is 0.235. The van der Waals surface area contributed by atoms with Gasteiger partial charge in [-0.15, -0.1) is 11.8 Å².